The maximum absolute atomic E-state index is 14.1. The maximum Gasteiger partial charge on any atom is 0.460 e. The van der Waals surface area contributed by atoms with Gasteiger partial charge in [-0.05, 0) is 56.3 Å². The molecule has 0 aromatic rings. The van der Waals surface area contributed by atoms with Crippen molar-refractivity contribution < 1.29 is 39.5 Å². The molecule has 0 amide bonds. The molecule has 0 bridgehead atoms. The molecule has 0 aromatic heterocycles. The molecule has 0 radical (unpaired) electrons. The molecule has 2 fully saturated rings. The van der Waals surface area contributed by atoms with Gasteiger partial charge in [-0.1, -0.05) is 32.6 Å². The van der Waals surface area contributed by atoms with E-state index in [0.717, 1.165) is 38.5 Å². The Hall–Kier alpha value is -0.630. The molecule has 0 unspecified atom stereocenters. The van der Waals surface area contributed by atoms with E-state index in [-0.39, 0.29) is 18.8 Å². The molecule has 28 heavy (non-hydrogen) atoms. The highest BCUT2D eigenvalue weighted by Crippen LogP contribution is 2.57. The summed E-state index contributed by atoms with van der Waals surface area (Å²) in [6, 6.07) is 0. The van der Waals surface area contributed by atoms with Crippen LogP contribution >= 0.6 is 0 Å². The lowest BCUT2D eigenvalue weighted by Gasteiger charge is -2.42. The minimum atomic E-state index is -6.78. The lowest BCUT2D eigenvalue weighted by molar-refractivity contribution is -0.404. The van der Waals surface area contributed by atoms with Gasteiger partial charge < -0.3 is 0 Å². The first-order valence-corrected chi connectivity index (χ1v) is 9.95. The van der Waals surface area contributed by atoms with Crippen molar-refractivity contribution in [1.82, 2.24) is 0 Å². The number of hydrogen-bond acceptors (Lipinski definition) is 0. The number of halogens is 9. The maximum atomic E-state index is 14.1. The second-order valence-electron chi connectivity index (χ2n) is 8.45. The molecule has 166 valence electrons. The van der Waals surface area contributed by atoms with Crippen LogP contribution in [-0.4, -0.2) is 23.9 Å². The molecular weight excluding hydrogens is 399 g/mol. The lowest BCUT2D eigenvalue weighted by Crippen LogP contribution is -2.63. The minimum absolute atomic E-state index is 0.0476. The van der Waals surface area contributed by atoms with Crippen molar-refractivity contribution in [3.63, 3.8) is 0 Å². The van der Waals surface area contributed by atoms with Crippen LogP contribution in [0.4, 0.5) is 39.5 Å². The van der Waals surface area contributed by atoms with E-state index in [1.54, 1.807) is 0 Å². The molecule has 0 aromatic carbocycles. The summed E-state index contributed by atoms with van der Waals surface area (Å²) in [6.45, 7) is 2.10. The Bertz CT molecular complexity index is 496. The Morgan fingerprint density at radius 3 is 1.43 bits per heavy atom. The molecule has 9 heteroatoms. The fourth-order valence-electron chi connectivity index (χ4n) is 4.95. The highest BCUT2D eigenvalue weighted by atomic mass is 19.4. The van der Waals surface area contributed by atoms with E-state index < -0.39 is 42.7 Å². The highest BCUT2D eigenvalue weighted by Gasteiger charge is 2.82. The van der Waals surface area contributed by atoms with Gasteiger partial charge in [-0.25, -0.2) is 0 Å². The molecule has 0 spiro atoms. The average Bonchev–Trinajstić information content (AvgIpc) is 2.61. The normalized spacial score (nSPS) is 31.1. The van der Waals surface area contributed by atoms with E-state index >= 15 is 0 Å². The Balaban J connectivity index is 1.98. The number of hydrogen-bond donors (Lipinski definition) is 0. The van der Waals surface area contributed by atoms with E-state index in [4.69, 9.17) is 0 Å². The Morgan fingerprint density at radius 2 is 1.04 bits per heavy atom. The topological polar surface area (TPSA) is 0 Å². The first kappa shape index (κ1) is 23.6. The van der Waals surface area contributed by atoms with Gasteiger partial charge in [0.25, 0.3) is 0 Å². The van der Waals surface area contributed by atoms with Crippen molar-refractivity contribution >= 4 is 0 Å². The predicted molar refractivity (Wildman–Crippen MR) is 86.7 cm³/mol. The molecule has 2 aliphatic rings. The fraction of sp³-hybridized carbons (Fsp3) is 1.00. The molecule has 2 aliphatic carbocycles. The van der Waals surface area contributed by atoms with Crippen LogP contribution in [0.3, 0.4) is 0 Å². The van der Waals surface area contributed by atoms with Crippen LogP contribution in [0.5, 0.6) is 0 Å². The lowest BCUT2D eigenvalue weighted by atomic mass is 9.67. The molecule has 2 saturated carbocycles. The third kappa shape index (κ3) is 4.27. The second kappa shape index (κ2) is 8.25. The molecule has 0 saturated heterocycles. The summed E-state index contributed by atoms with van der Waals surface area (Å²) in [4.78, 5) is 0. The van der Waals surface area contributed by atoms with Crippen molar-refractivity contribution in [3.8, 4) is 0 Å². The van der Waals surface area contributed by atoms with Gasteiger partial charge in [0.1, 0.15) is 0 Å². The summed E-state index contributed by atoms with van der Waals surface area (Å²) in [5.74, 6) is -19.9. The van der Waals surface area contributed by atoms with Gasteiger partial charge in [0, 0.05) is 5.92 Å². The largest absolute Gasteiger partial charge is 0.460 e. The highest BCUT2D eigenvalue weighted by molar-refractivity contribution is 5.03. The SMILES string of the molecule is CCC[C@H]1CC[C@H](C2CCC(C(F)(F)C(F)(F)C(F)(F)C(F)(F)F)CC2)CC1. The van der Waals surface area contributed by atoms with Crippen molar-refractivity contribution in [3.05, 3.63) is 0 Å². The van der Waals surface area contributed by atoms with E-state index in [1.807, 2.05) is 0 Å². The molecule has 0 atom stereocenters. The Morgan fingerprint density at radius 1 is 0.607 bits per heavy atom. The van der Waals surface area contributed by atoms with E-state index in [9.17, 15) is 39.5 Å². The summed E-state index contributed by atoms with van der Waals surface area (Å²) in [5.41, 5.74) is 0. The second-order valence-corrected chi connectivity index (χ2v) is 8.45. The summed E-state index contributed by atoms with van der Waals surface area (Å²) >= 11 is 0. The van der Waals surface area contributed by atoms with Gasteiger partial charge in [0.15, 0.2) is 0 Å². The van der Waals surface area contributed by atoms with Gasteiger partial charge in [-0.3, -0.25) is 0 Å². The quantitative estimate of drug-likeness (QED) is 0.379. The van der Waals surface area contributed by atoms with Crippen molar-refractivity contribution in [2.45, 2.75) is 95.1 Å². The van der Waals surface area contributed by atoms with Crippen LogP contribution in [-0.2, 0) is 0 Å². The van der Waals surface area contributed by atoms with E-state index in [1.165, 1.54) is 0 Å². The molecule has 2 rings (SSSR count). The smallest absolute Gasteiger partial charge is 0.199 e. The molecular formula is C19H27F9. The third-order valence-electron chi connectivity index (χ3n) is 6.71. The van der Waals surface area contributed by atoms with Crippen LogP contribution in [0, 0.1) is 23.7 Å². The monoisotopic (exact) mass is 426 g/mol. The first-order valence-electron chi connectivity index (χ1n) is 9.95. The molecule has 0 nitrogen and oxygen atoms in total. The van der Waals surface area contributed by atoms with Crippen LogP contribution in [0.2, 0.25) is 0 Å². The summed E-state index contributed by atoms with van der Waals surface area (Å²) < 4.78 is 118. The predicted octanol–water partition coefficient (Wildman–Crippen LogP) is 7.87. The van der Waals surface area contributed by atoms with Crippen molar-refractivity contribution in [2.24, 2.45) is 23.7 Å². The van der Waals surface area contributed by atoms with Gasteiger partial charge in [0.05, 0.1) is 0 Å². The van der Waals surface area contributed by atoms with Gasteiger partial charge >= 0.3 is 23.9 Å². The molecule has 0 N–H and O–H groups in total. The Kier molecular flexibility index (Phi) is 6.96. The van der Waals surface area contributed by atoms with E-state index in [2.05, 4.69) is 6.92 Å². The zero-order valence-corrected chi connectivity index (χ0v) is 15.8. The van der Waals surface area contributed by atoms with Crippen molar-refractivity contribution in [2.75, 3.05) is 0 Å². The fourth-order valence-corrected chi connectivity index (χ4v) is 4.95. The van der Waals surface area contributed by atoms with E-state index in [0.29, 0.717) is 11.8 Å². The zero-order valence-electron chi connectivity index (χ0n) is 15.8. The number of rotatable bonds is 6. The minimum Gasteiger partial charge on any atom is -0.199 e. The van der Waals surface area contributed by atoms with Crippen LogP contribution in [0.15, 0.2) is 0 Å². The third-order valence-corrected chi connectivity index (χ3v) is 6.71. The molecule has 0 heterocycles. The first-order chi connectivity index (χ1) is 12.8. The summed E-state index contributed by atoms with van der Waals surface area (Å²) in [7, 11) is 0. The van der Waals surface area contributed by atoms with Crippen LogP contribution in [0.1, 0.15) is 71.1 Å². The summed E-state index contributed by atoms with van der Waals surface area (Å²) in [6.07, 6.45) is -1.19. The zero-order chi connectivity index (χ0) is 21.4. The van der Waals surface area contributed by atoms with Crippen LogP contribution < -0.4 is 0 Å². The van der Waals surface area contributed by atoms with Gasteiger partial charge in [-0.15, -0.1) is 0 Å². The molecule has 0 aliphatic heterocycles. The van der Waals surface area contributed by atoms with Crippen molar-refractivity contribution in [1.29, 1.82) is 0 Å². The Labute approximate surface area is 159 Å². The van der Waals surface area contributed by atoms with Gasteiger partial charge in [0.2, 0.25) is 0 Å². The standard InChI is InChI=1S/C19H27F9/c1-2-3-12-4-6-13(7-5-12)14-8-10-15(11-9-14)16(20,21)17(22,23)18(24,25)19(26,27)28/h12-15H,2-11H2,1H3/t12-,13-,14?,15?. The summed E-state index contributed by atoms with van der Waals surface area (Å²) in [5, 5.41) is 0. The van der Waals surface area contributed by atoms with Crippen LogP contribution in [0.25, 0.3) is 0 Å². The number of alkyl halides is 9. The average molecular weight is 426 g/mol. The van der Waals surface area contributed by atoms with Gasteiger partial charge in [-0.2, -0.15) is 39.5 Å².